The van der Waals surface area contributed by atoms with Gasteiger partial charge < -0.3 is 5.32 Å². The molecular weight excluding hydrogens is 460 g/mol. The Balaban J connectivity index is 1.22. The Bertz CT molecular complexity index is 1120. The number of rotatable bonds is 8. The average molecular weight is 503 g/mol. The molecule has 2 saturated carbocycles. The number of hydrazine groups is 1. The predicted molar refractivity (Wildman–Crippen MR) is 147 cm³/mol. The van der Waals surface area contributed by atoms with Crippen LogP contribution in [0.2, 0.25) is 0 Å². The first kappa shape index (κ1) is 26.1. The third kappa shape index (κ3) is 5.25. The van der Waals surface area contributed by atoms with Gasteiger partial charge in [-0.15, -0.1) is 0 Å². The molecule has 6 heteroatoms. The molecule has 6 nitrogen and oxygen atoms in total. The van der Waals surface area contributed by atoms with Crippen LogP contribution in [-0.4, -0.2) is 36.2 Å². The fourth-order valence-electron chi connectivity index (χ4n) is 6.73. The van der Waals surface area contributed by atoms with Crippen LogP contribution in [0.3, 0.4) is 0 Å². The molecule has 2 aromatic rings. The highest BCUT2D eigenvalue weighted by atomic mass is 16.2. The zero-order chi connectivity index (χ0) is 26.0. The summed E-state index contributed by atoms with van der Waals surface area (Å²) in [5.74, 6) is -0.308. The van der Waals surface area contributed by atoms with E-state index >= 15 is 0 Å². The van der Waals surface area contributed by atoms with Crippen molar-refractivity contribution in [2.75, 3.05) is 14.1 Å². The zero-order valence-electron chi connectivity index (χ0n) is 22.6. The first-order valence-electron chi connectivity index (χ1n) is 14.0. The molecule has 2 aliphatic carbocycles. The molecule has 1 amide bonds. The number of Topliss-reactive ketones (excluding diaryl/α,β-unsaturated/α-hetero) is 1. The van der Waals surface area contributed by atoms with E-state index in [0.29, 0.717) is 18.9 Å². The molecule has 37 heavy (non-hydrogen) atoms. The van der Waals surface area contributed by atoms with Crippen LogP contribution >= 0.6 is 0 Å². The second-order valence-corrected chi connectivity index (χ2v) is 11.8. The van der Waals surface area contributed by atoms with Gasteiger partial charge in [0.05, 0.1) is 0 Å². The molecule has 0 unspecified atom stereocenters. The maximum absolute atomic E-state index is 12.4. The van der Waals surface area contributed by atoms with E-state index in [2.05, 4.69) is 90.6 Å². The molecule has 3 N–H and O–H groups in total. The largest absolute Gasteiger partial charge is 0.345 e. The van der Waals surface area contributed by atoms with Crippen LogP contribution in [0.5, 0.6) is 0 Å². The van der Waals surface area contributed by atoms with Crippen molar-refractivity contribution in [3.8, 4) is 0 Å². The summed E-state index contributed by atoms with van der Waals surface area (Å²) >= 11 is 0. The fraction of sp³-hybridized carbons (Fsp3) is 0.548. The number of nitrogens with zero attached hydrogens (tertiary/aromatic N) is 1. The average Bonchev–Trinajstić information content (AvgIpc) is 3.29. The number of benzene rings is 2. The van der Waals surface area contributed by atoms with Gasteiger partial charge in [-0.2, -0.15) is 0 Å². The number of carbonyl (C=O) groups is 2. The molecule has 0 radical (unpaired) electrons. The number of hydrogen-bond donors (Lipinski definition) is 3. The Kier molecular flexibility index (Phi) is 7.53. The SMILES string of the molecule is Cc1c(CNC(=O)C(=O)CC2CCC2)cccc1[C@@H]1CC2(CCC(c3ccccc3)(N(C)C)CC2)NN1. The van der Waals surface area contributed by atoms with Crippen molar-refractivity contribution in [1.82, 2.24) is 21.1 Å². The Hall–Kier alpha value is -2.54. The van der Waals surface area contributed by atoms with Crippen molar-refractivity contribution in [2.45, 2.75) is 88.4 Å². The van der Waals surface area contributed by atoms with Crippen molar-refractivity contribution in [3.05, 3.63) is 70.8 Å². The van der Waals surface area contributed by atoms with Crippen molar-refractivity contribution in [3.63, 3.8) is 0 Å². The summed E-state index contributed by atoms with van der Waals surface area (Å²) in [6.07, 6.45) is 9.23. The van der Waals surface area contributed by atoms with Crippen LogP contribution in [0.25, 0.3) is 0 Å². The zero-order valence-corrected chi connectivity index (χ0v) is 22.6. The third-order valence-corrected chi connectivity index (χ3v) is 9.56. The van der Waals surface area contributed by atoms with E-state index in [1.165, 1.54) is 23.1 Å². The number of ketones is 1. The van der Waals surface area contributed by atoms with E-state index in [0.717, 1.165) is 50.5 Å². The lowest BCUT2D eigenvalue weighted by Gasteiger charge is -2.49. The van der Waals surface area contributed by atoms with Gasteiger partial charge in [0.1, 0.15) is 0 Å². The van der Waals surface area contributed by atoms with E-state index in [-0.39, 0.29) is 22.9 Å². The summed E-state index contributed by atoms with van der Waals surface area (Å²) in [7, 11) is 4.42. The molecule has 5 rings (SSSR count). The number of hydrogen-bond acceptors (Lipinski definition) is 5. The van der Waals surface area contributed by atoms with Gasteiger partial charge in [0.15, 0.2) is 0 Å². The monoisotopic (exact) mass is 502 g/mol. The Labute approximate surface area is 221 Å². The van der Waals surface area contributed by atoms with Crippen LogP contribution in [-0.2, 0) is 21.7 Å². The molecule has 2 aromatic carbocycles. The maximum atomic E-state index is 12.4. The lowest BCUT2D eigenvalue weighted by atomic mass is 9.67. The van der Waals surface area contributed by atoms with Crippen molar-refractivity contribution >= 4 is 11.7 Å². The minimum atomic E-state index is -0.443. The van der Waals surface area contributed by atoms with Crippen LogP contribution < -0.4 is 16.2 Å². The first-order chi connectivity index (χ1) is 17.8. The van der Waals surface area contributed by atoms with Gasteiger partial charge in [-0.1, -0.05) is 55.0 Å². The van der Waals surface area contributed by atoms with Crippen LogP contribution in [0.15, 0.2) is 48.5 Å². The maximum Gasteiger partial charge on any atom is 0.287 e. The van der Waals surface area contributed by atoms with Gasteiger partial charge >= 0.3 is 0 Å². The minimum Gasteiger partial charge on any atom is -0.345 e. The lowest BCUT2D eigenvalue weighted by Crippen LogP contribution is -2.53. The highest BCUT2D eigenvalue weighted by Gasteiger charge is 2.48. The fourth-order valence-corrected chi connectivity index (χ4v) is 6.73. The van der Waals surface area contributed by atoms with Gasteiger partial charge in [0.2, 0.25) is 5.78 Å². The molecule has 0 bridgehead atoms. The molecule has 3 aliphatic rings. The summed E-state index contributed by atoms with van der Waals surface area (Å²) < 4.78 is 0. The minimum absolute atomic E-state index is 0.0797. The summed E-state index contributed by atoms with van der Waals surface area (Å²) in [5, 5.41) is 2.87. The van der Waals surface area contributed by atoms with E-state index in [1.54, 1.807) is 0 Å². The molecular formula is C31H42N4O2. The highest BCUT2D eigenvalue weighted by Crippen LogP contribution is 2.48. The summed E-state index contributed by atoms with van der Waals surface area (Å²) in [5.41, 5.74) is 12.4. The van der Waals surface area contributed by atoms with Crippen molar-refractivity contribution < 1.29 is 9.59 Å². The molecule has 1 saturated heterocycles. The van der Waals surface area contributed by atoms with Crippen LogP contribution in [0, 0.1) is 12.8 Å². The predicted octanol–water partition coefficient (Wildman–Crippen LogP) is 4.68. The number of amides is 1. The smallest absolute Gasteiger partial charge is 0.287 e. The number of carbonyl (C=O) groups excluding carboxylic acids is 2. The van der Waals surface area contributed by atoms with E-state index in [1.807, 2.05) is 0 Å². The van der Waals surface area contributed by atoms with E-state index < -0.39 is 5.91 Å². The van der Waals surface area contributed by atoms with Gasteiger partial charge in [-0.25, -0.2) is 5.43 Å². The van der Waals surface area contributed by atoms with Gasteiger partial charge in [0, 0.05) is 30.1 Å². The summed E-state index contributed by atoms with van der Waals surface area (Å²) in [4.78, 5) is 27.0. The quantitative estimate of drug-likeness (QED) is 0.457. The first-order valence-corrected chi connectivity index (χ1v) is 14.0. The number of nitrogens with one attached hydrogen (secondary N) is 3. The topological polar surface area (TPSA) is 73.5 Å². The van der Waals surface area contributed by atoms with Crippen LogP contribution in [0.4, 0.5) is 0 Å². The van der Waals surface area contributed by atoms with Gasteiger partial charge in [0.25, 0.3) is 5.91 Å². The molecule has 3 fully saturated rings. The third-order valence-electron chi connectivity index (χ3n) is 9.56. The molecule has 1 aliphatic heterocycles. The van der Waals surface area contributed by atoms with E-state index in [4.69, 9.17) is 0 Å². The second kappa shape index (κ2) is 10.7. The molecule has 1 spiro atoms. The normalized spacial score (nSPS) is 27.8. The standard InChI is InChI=1S/C31H42N4O2/c1-22-24(21-32-29(37)28(36)19-23-9-7-10-23)11-8-14-26(22)27-20-30(34-33-27)15-17-31(18-16-30,35(2)3)25-12-5-4-6-13-25/h4-6,8,11-14,23,27,33-34H,7,9-10,15-21H2,1-3H3,(H,32,37)/t27-,30?,31?/m0/s1. The van der Waals surface area contributed by atoms with Crippen LogP contribution in [0.1, 0.15) is 86.1 Å². The molecule has 0 aromatic heterocycles. The van der Waals surface area contributed by atoms with E-state index in [9.17, 15) is 9.59 Å². The molecule has 1 atom stereocenters. The highest BCUT2D eigenvalue weighted by molar-refractivity contribution is 6.36. The van der Waals surface area contributed by atoms with Gasteiger partial charge in [-0.3, -0.25) is 19.9 Å². The Morgan fingerprint density at radius 3 is 2.38 bits per heavy atom. The molecule has 1 heterocycles. The molecule has 198 valence electrons. The van der Waals surface area contributed by atoms with Gasteiger partial charge in [-0.05, 0) is 94.1 Å². The van der Waals surface area contributed by atoms with Crippen molar-refractivity contribution in [2.24, 2.45) is 5.92 Å². The Morgan fingerprint density at radius 1 is 1.00 bits per heavy atom. The summed E-state index contributed by atoms with van der Waals surface area (Å²) in [6, 6.07) is 17.5. The lowest BCUT2D eigenvalue weighted by molar-refractivity contribution is -0.138. The summed E-state index contributed by atoms with van der Waals surface area (Å²) in [6.45, 7) is 2.52. The second-order valence-electron chi connectivity index (χ2n) is 11.8. The van der Waals surface area contributed by atoms with Crippen molar-refractivity contribution in [1.29, 1.82) is 0 Å². The Morgan fingerprint density at radius 2 is 1.73 bits per heavy atom.